The Bertz CT molecular complexity index is 842. The summed E-state index contributed by atoms with van der Waals surface area (Å²) in [6, 6.07) is 7.98. The lowest BCUT2D eigenvalue weighted by Crippen LogP contribution is -2.46. The molecule has 3 aromatic heterocycles. The van der Waals surface area contributed by atoms with Crippen molar-refractivity contribution < 1.29 is 4.52 Å². The van der Waals surface area contributed by atoms with Gasteiger partial charge in [0.05, 0.1) is 6.54 Å². The summed E-state index contributed by atoms with van der Waals surface area (Å²) in [5.41, 5.74) is 2.96. The van der Waals surface area contributed by atoms with Gasteiger partial charge in [0, 0.05) is 62.0 Å². The van der Waals surface area contributed by atoms with E-state index in [0.717, 1.165) is 67.7 Å². The van der Waals surface area contributed by atoms with Gasteiger partial charge >= 0.3 is 0 Å². The first-order valence-corrected chi connectivity index (χ1v) is 8.96. The van der Waals surface area contributed by atoms with Crippen molar-refractivity contribution >= 4 is 5.82 Å². The summed E-state index contributed by atoms with van der Waals surface area (Å²) < 4.78 is 5.52. The van der Waals surface area contributed by atoms with E-state index in [1.54, 1.807) is 18.7 Å². The van der Waals surface area contributed by atoms with Gasteiger partial charge in [0.15, 0.2) is 5.76 Å². The van der Waals surface area contributed by atoms with Gasteiger partial charge in [-0.15, -0.1) is 0 Å². The van der Waals surface area contributed by atoms with Gasteiger partial charge in [-0.25, -0.2) is 9.97 Å². The molecule has 1 aliphatic heterocycles. The molecule has 134 valence electrons. The summed E-state index contributed by atoms with van der Waals surface area (Å²) in [6.07, 6.45) is 6.12. The molecule has 0 bridgehead atoms. The molecule has 0 atom stereocenters. The Morgan fingerprint density at radius 3 is 2.62 bits per heavy atom. The molecule has 4 heterocycles. The minimum atomic E-state index is 0.774. The minimum Gasteiger partial charge on any atom is -0.359 e. The fraction of sp³-hybridized carbons (Fsp3) is 0.368. The number of aryl methyl sites for hydroxylation is 1. The molecule has 0 unspecified atom stereocenters. The third-order valence-electron chi connectivity index (χ3n) is 4.68. The Kier molecular flexibility index (Phi) is 4.88. The molecule has 0 spiro atoms. The molecule has 26 heavy (non-hydrogen) atoms. The molecular formula is C19H22N6O. The molecule has 3 aromatic rings. The molecule has 0 amide bonds. The lowest BCUT2D eigenvalue weighted by molar-refractivity contribution is 0.219. The molecule has 1 saturated heterocycles. The van der Waals surface area contributed by atoms with Gasteiger partial charge in [-0.3, -0.25) is 9.88 Å². The number of piperazine rings is 1. The Hall–Kier alpha value is -2.80. The van der Waals surface area contributed by atoms with Crippen LogP contribution in [0.2, 0.25) is 0 Å². The first kappa shape index (κ1) is 16.7. The Morgan fingerprint density at radius 1 is 1.04 bits per heavy atom. The molecule has 0 aliphatic carbocycles. The zero-order valence-corrected chi connectivity index (χ0v) is 14.9. The number of anilines is 1. The molecule has 0 N–H and O–H groups in total. The second kappa shape index (κ2) is 7.61. The van der Waals surface area contributed by atoms with E-state index in [1.165, 1.54) is 0 Å². The third-order valence-corrected chi connectivity index (χ3v) is 4.68. The quantitative estimate of drug-likeness (QED) is 0.700. The van der Waals surface area contributed by atoms with E-state index < -0.39 is 0 Å². The summed E-state index contributed by atoms with van der Waals surface area (Å²) >= 11 is 0. The van der Waals surface area contributed by atoms with Gasteiger partial charge in [0.2, 0.25) is 0 Å². The van der Waals surface area contributed by atoms with Crippen LogP contribution in [-0.2, 0) is 13.0 Å². The molecule has 7 nitrogen and oxygen atoms in total. The molecular weight excluding hydrogens is 328 g/mol. The van der Waals surface area contributed by atoms with Crippen molar-refractivity contribution in [2.75, 3.05) is 31.1 Å². The normalized spacial score (nSPS) is 15.3. The van der Waals surface area contributed by atoms with Gasteiger partial charge in [0.25, 0.3) is 0 Å². The van der Waals surface area contributed by atoms with Crippen LogP contribution in [0, 0.1) is 0 Å². The maximum absolute atomic E-state index is 5.52. The highest BCUT2D eigenvalue weighted by Gasteiger charge is 2.20. The van der Waals surface area contributed by atoms with Crippen LogP contribution in [0.15, 0.2) is 47.5 Å². The fourth-order valence-corrected chi connectivity index (χ4v) is 3.15. The lowest BCUT2D eigenvalue weighted by Gasteiger charge is -2.34. The highest BCUT2D eigenvalue weighted by Crippen LogP contribution is 2.20. The third kappa shape index (κ3) is 3.72. The number of pyridine rings is 1. The number of aromatic nitrogens is 4. The standard InChI is InChI=1S/C19H22N6O/c1-2-16-11-19(22-14-21-16)25-9-7-24(8-10-25)13-17-12-18(23-26-17)15-3-5-20-6-4-15/h3-6,11-12,14H,2,7-10,13H2,1H3. The van der Waals surface area contributed by atoms with E-state index in [0.29, 0.717) is 0 Å². The van der Waals surface area contributed by atoms with Crippen molar-refractivity contribution in [3.05, 3.63) is 54.4 Å². The Labute approximate surface area is 152 Å². The second-order valence-electron chi connectivity index (χ2n) is 6.40. The van der Waals surface area contributed by atoms with Gasteiger partial charge in [0.1, 0.15) is 17.8 Å². The van der Waals surface area contributed by atoms with Gasteiger partial charge < -0.3 is 9.42 Å². The molecule has 7 heteroatoms. The van der Waals surface area contributed by atoms with E-state index in [4.69, 9.17) is 4.52 Å². The monoisotopic (exact) mass is 350 g/mol. The molecule has 4 rings (SSSR count). The molecule has 0 aromatic carbocycles. The highest BCUT2D eigenvalue weighted by molar-refractivity contribution is 5.57. The second-order valence-corrected chi connectivity index (χ2v) is 6.40. The zero-order chi connectivity index (χ0) is 17.8. The van der Waals surface area contributed by atoms with Gasteiger partial charge in [-0.2, -0.15) is 0 Å². The summed E-state index contributed by atoms with van der Waals surface area (Å²) in [6.45, 7) is 6.72. The SMILES string of the molecule is CCc1cc(N2CCN(Cc3cc(-c4ccncc4)no3)CC2)ncn1. The van der Waals surface area contributed by atoms with E-state index >= 15 is 0 Å². The largest absolute Gasteiger partial charge is 0.359 e. The van der Waals surface area contributed by atoms with Crippen molar-refractivity contribution in [2.24, 2.45) is 0 Å². The number of rotatable bonds is 5. The smallest absolute Gasteiger partial charge is 0.151 e. The van der Waals surface area contributed by atoms with E-state index in [2.05, 4.69) is 42.9 Å². The van der Waals surface area contributed by atoms with Crippen LogP contribution in [0.3, 0.4) is 0 Å². The minimum absolute atomic E-state index is 0.774. The first-order chi connectivity index (χ1) is 12.8. The first-order valence-electron chi connectivity index (χ1n) is 8.96. The molecule has 1 fully saturated rings. The van der Waals surface area contributed by atoms with E-state index in [-0.39, 0.29) is 0 Å². The predicted octanol–water partition coefficient (Wildman–Crippen LogP) is 2.41. The fourth-order valence-electron chi connectivity index (χ4n) is 3.15. The summed E-state index contributed by atoms with van der Waals surface area (Å²) in [4.78, 5) is 17.4. The van der Waals surface area contributed by atoms with Crippen LogP contribution < -0.4 is 4.90 Å². The van der Waals surface area contributed by atoms with Crippen molar-refractivity contribution in [1.29, 1.82) is 0 Å². The average Bonchev–Trinajstić information content (AvgIpc) is 3.18. The maximum Gasteiger partial charge on any atom is 0.151 e. The Balaban J connectivity index is 1.35. The summed E-state index contributed by atoms with van der Waals surface area (Å²) in [7, 11) is 0. The van der Waals surface area contributed by atoms with E-state index in [1.807, 2.05) is 18.2 Å². The zero-order valence-electron chi connectivity index (χ0n) is 14.9. The summed E-state index contributed by atoms with van der Waals surface area (Å²) in [5.74, 6) is 1.91. The number of nitrogens with zero attached hydrogens (tertiary/aromatic N) is 6. The maximum atomic E-state index is 5.52. The van der Waals surface area contributed by atoms with Gasteiger partial charge in [-0.1, -0.05) is 12.1 Å². The molecule has 0 saturated carbocycles. The highest BCUT2D eigenvalue weighted by atomic mass is 16.5. The topological polar surface area (TPSA) is 71.2 Å². The van der Waals surface area contributed by atoms with Crippen LogP contribution >= 0.6 is 0 Å². The lowest BCUT2D eigenvalue weighted by atomic mass is 10.2. The number of hydrogen-bond donors (Lipinski definition) is 0. The Morgan fingerprint density at radius 2 is 1.85 bits per heavy atom. The predicted molar refractivity (Wildman–Crippen MR) is 98.6 cm³/mol. The van der Waals surface area contributed by atoms with E-state index in [9.17, 15) is 0 Å². The molecule has 1 aliphatic rings. The number of hydrogen-bond acceptors (Lipinski definition) is 7. The van der Waals surface area contributed by atoms with Crippen LogP contribution in [0.1, 0.15) is 18.4 Å². The van der Waals surface area contributed by atoms with Crippen LogP contribution in [0.5, 0.6) is 0 Å². The van der Waals surface area contributed by atoms with Gasteiger partial charge in [-0.05, 0) is 18.6 Å². The van der Waals surface area contributed by atoms with Crippen LogP contribution in [0.25, 0.3) is 11.3 Å². The van der Waals surface area contributed by atoms with Crippen LogP contribution in [-0.4, -0.2) is 51.2 Å². The van der Waals surface area contributed by atoms with Crippen molar-refractivity contribution in [3.8, 4) is 11.3 Å². The summed E-state index contributed by atoms with van der Waals surface area (Å²) in [5, 5.41) is 4.18. The van der Waals surface area contributed by atoms with Crippen molar-refractivity contribution in [2.45, 2.75) is 19.9 Å². The van der Waals surface area contributed by atoms with Crippen LogP contribution in [0.4, 0.5) is 5.82 Å². The van der Waals surface area contributed by atoms with Crippen molar-refractivity contribution in [1.82, 2.24) is 25.0 Å². The average molecular weight is 350 g/mol. The van der Waals surface area contributed by atoms with Crippen molar-refractivity contribution in [3.63, 3.8) is 0 Å². The molecule has 0 radical (unpaired) electrons.